The van der Waals surface area contributed by atoms with E-state index in [2.05, 4.69) is 26.6 Å². The number of rotatable bonds is 6. The fourth-order valence-corrected chi connectivity index (χ4v) is 1.97. The highest BCUT2D eigenvalue weighted by Gasteiger charge is 2.05. The average molecular weight is 334 g/mol. The molecule has 0 aromatic heterocycles. The van der Waals surface area contributed by atoms with Gasteiger partial charge < -0.3 is 10.6 Å². The van der Waals surface area contributed by atoms with Crippen molar-refractivity contribution in [3.05, 3.63) is 33.3 Å². The topological polar surface area (TPSA) is 41.1 Å². The molecule has 0 aliphatic heterocycles. The number of hydrogen-bond acceptors (Lipinski definition) is 2. The zero-order chi connectivity index (χ0) is 13.5. The van der Waals surface area contributed by atoms with Crippen LogP contribution in [-0.2, 0) is 11.3 Å². The molecule has 0 bridgehead atoms. The molecule has 18 heavy (non-hydrogen) atoms. The van der Waals surface area contributed by atoms with E-state index >= 15 is 0 Å². The van der Waals surface area contributed by atoms with Crippen molar-refractivity contribution in [1.29, 1.82) is 0 Å². The molecular weight excluding hydrogens is 316 g/mol. The maximum absolute atomic E-state index is 11.3. The van der Waals surface area contributed by atoms with Gasteiger partial charge in [-0.1, -0.05) is 41.4 Å². The van der Waals surface area contributed by atoms with Gasteiger partial charge >= 0.3 is 0 Å². The number of carbonyl (C=O) groups is 1. The second-order valence-electron chi connectivity index (χ2n) is 4.36. The van der Waals surface area contributed by atoms with Crippen LogP contribution in [0.2, 0.25) is 5.02 Å². The molecule has 3 nitrogen and oxygen atoms in total. The molecule has 0 saturated heterocycles. The van der Waals surface area contributed by atoms with Crippen molar-refractivity contribution in [3.8, 4) is 0 Å². The van der Waals surface area contributed by atoms with Crippen LogP contribution in [0.3, 0.4) is 0 Å². The van der Waals surface area contributed by atoms with Crippen LogP contribution in [0.5, 0.6) is 0 Å². The Morgan fingerprint density at radius 2 is 2.11 bits per heavy atom. The van der Waals surface area contributed by atoms with Gasteiger partial charge in [0.1, 0.15) is 0 Å². The van der Waals surface area contributed by atoms with Crippen LogP contribution >= 0.6 is 27.5 Å². The first kappa shape index (κ1) is 15.5. The van der Waals surface area contributed by atoms with Crippen molar-refractivity contribution in [2.75, 3.05) is 13.1 Å². The molecule has 1 amide bonds. The third-order valence-electron chi connectivity index (χ3n) is 2.45. The van der Waals surface area contributed by atoms with Crippen LogP contribution in [0, 0.1) is 5.92 Å². The lowest BCUT2D eigenvalue weighted by molar-refractivity contribution is -0.123. The smallest absolute Gasteiger partial charge is 0.222 e. The Morgan fingerprint density at radius 1 is 1.39 bits per heavy atom. The molecule has 0 radical (unpaired) electrons. The second-order valence-corrected chi connectivity index (χ2v) is 5.68. The van der Waals surface area contributed by atoms with Crippen LogP contribution in [-0.4, -0.2) is 19.0 Å². The number of hydrogen-bond donors (Lipinski definition) is 2. The quantitative estimate of drug-likeness (QED) is 0.786. The van der Waals surface area contributed by atoms with Crippen molar-refractivity contribution >= 4 is 33.4 Å². The van der Waals surface area contributed by atoms with E-state index in [0.29, 0.717) is 13.1 Å². The van der Waals surface area contributed by atoms with Gasteiger partial charge in [-0.15, -0.1) is 0 Å². The first-order valence-corrected chi connectivity index (χ1v) is 7.10. The van der Waals surface area contributed by atoms with Gasteiger partial charge in [-0.05, 0) is 23.8 Å². The Morgan fingerprint density at radius 3 is 2.78 bits per heavy atom. The number of halogens is 2. The molecule has 1 aromatic carbocycles. The fourth-order valence-electron chi connectivity index (χ4n) is 1.38. The lowest BCUT2D eigenvalue weighted by atomic mass is 10.2. The van der Waals surface area contributed by atoms with Crippen molar-refractivity contribution < 1.29 is 4.79 Å². The van der Waals surface area contributed by atoms with Gasteiger partial charge in [-0.25, -0.2) is 0 Å². The van der Waals surface area contributed by atoms with Gasteiger partial charge in [-0.2, -0.15) is 0 Å². The van der Waals surface area contributed by atoms with Crippen LogP contribution in [0.4, 0.5) is 0 Å². The number of nitrogens with one attached hydrogen (secondary N) is 2. The summed E-state index contributed by atoms with van der Waals surface area (Å²) in [5.74, 6) is 0.113. The van der Waals surface area contributed by atoms with E-state index in [4.69, 9.17) is 11.6 Å². The molecule has 0 saturated carbocycles. The molecule has 0 atom stereocenters. The van der Waals surface area contributed by atoms with E-state index in [1.165, 1.54) is 0 Å². The minimum atomic E-state index is 0.0320. The molecule has 2 N–H and O–H groups in total. The summed E-state index contributed by atoms with van der Waals surface area (Å²) in [5, 5.41) is 6.84. The molecule has 0 aliphatic carbocycles. The van der Waals surface area contributed by atoms with Crippen molar-refractivity contribution in [2.24, 2.45) is 5.92 Å². The number of carbonyl (C=O) groups excluding carboxylic acids is 1. The van der Waals surface area contributed by atoms with Gasteiger partial charge in [0.25, 0.3) is 0 Å². The number of benzene rings is 1. The van der Waals surface area contributed by atoms with E-state index in [0.717, 1.165) is 21.6 Å². The average Bonchev–Trinajstić information content (AvgIpc) is 2.32. The SMILES string of the molecule is CC(C)C(=O)NCCNCc1cc(Br)ccc1Cl. The lowest BCUT2D eigenvalue weighted by Crippen LogP contribution is -2.34. The standard InChI is InChI=1S/C13H18BrClN2O/c1-9(2)13(18)17-6-5-16-8-10-7-11(14)3-4-12(10)15/h3-4,7,9,16H,5-6,8H2,1-2H3,(H,17,18). The first-order valence-electron chi connectivity index (χ1n) is 5.93. The predicted molar refractivity (Wildman–Crippen MR) is 78.7 cm³/mol. The predicted octanol–water partition coefficient (Wildman–Crippen LogP) is 2.96. The molecule has 0 spiro atoms. The summed E-state index contributed by atoms with van der Waals surface area (Å²) in [7, 11) is 0. The van der Waals surface area contributed by atoms with Crippen molar-refractivity contribution in [2.45, 2.75) is 20.4 Å². The molecule has 0 aliphatic rings. The van der Waals surface area contributed by atoms with Crippen molar-refractivity contribution in [1.82, 2.24) is 10.6 Å². The highest BCUT2D eigenvalue weighted by atomic mass is 79.9. The highest BCUT2D eigenvalue weighted by Crippen LogP contribution is 2.20. The van der Waals surface area contributed by atoms with Crippen LogP contribution in [0.25, 0.3) is 0 Å². The second kappa shape index (κ2) is 7.77. The summed E-state index contributed by atoms with van der Waals surface area (Å²) in [4.78, 5) is 11.3. The Hall–Kier alpha value is -0.580. The molecule has 1 rings (SSSR count). The highest BCUT2D eigenvalue weighted by molar-refractivity contribution is 9.10. The molecule has 0 unspecified atom stereocenters. The Bertz CT molecular complexity index is 410. The summed E-state index contributed by atoms with van der Waals surface area (Å²) in [5.41, 5.74) is 1.04. The molecular formula is C13H18BrClN2O. The molecule has 1 aromatic rings. The van der Waals surface area contributed by atoms with Gasteiger partial charge in [0.15, 0.2) is 0 Å². The van der Waals surface area contributed by atoms with Gasteiger partial charge in [-0.3, -0.25) is 4.79 Å². The summed E-state index contributed by atoms with van der Waals surface area (Å²) in [6, 6.07) is 5.76. The summed E-state index contributed by atoms with van der Waals surface area (Å²) >= 11 is 9.48. The number of amides is 1. The zero-order valence-electron chi connectivity index (χ0n) is 10.6. The maximum atomic E-state index is 11.3. The van der Waals surface area contributed by atoms with Crippen LogP contribution in [0.15, 0.2) is 22.7 Å². The summed E-state index contributed by atoms with van der Waals surface area (Å²) < 4.78 is 1.01. The van der Waals surface area contributed by atoms with E-state index < -0.39 is 0 Å². The maximum Gasteiger partial charge on any atom is 0.222 e. The monoisotopic (exact) mass is 332 g/mol. The van der Waals surface area contributed by atoms with Crippen LogP contribution in [0.1, 0.15) is 19.4 Å². The molecule has 100 valence electrons. The lowest BCUT2D eigenvalue weighted by Gasteiger charge is -2.09. The van der Waals surface area contributed by atoms with Gasteiger partial charge in [0.05, 0.1) is 0 Å². The van der Waals surface area contributed by atoms with Gasteiger partial charge in [0.2, 0.25) is 5.91 Å². The van der Waals surface area contributed by atoms with Crippen molar-refractivity contribution in [3.63, 3.8) is 0 Å². The zero-order valence-corrected chi connectivity index (χ0v) is 12.9. The molecule has 0 heterocycles. The minimum Gasteiger partial charge on any atom is -0.355 e. The summed E-state index contributed by atoms with van der Waals surface area (Å²) in [6.07, 6.45) is 0. The van der Waals surface area contributed by atoms with E-state index in [9.17, 15) is 4.79 Å². The summed E-state index contributed by atoms with van der Waals surface area (Å²) in [6.45, 7) is 5.80. The normalized spacial score (nSPS) is 10.7. The Labute approximate surface area is 121 Å². The van der Waals surface area contributed by atoms with E-state index in [-0.39, 0.29) is 11.8 Å². The van der Waals surface area contributed by atoms with Crippen LogP contribution < -0.4 is 10.6 Å². The minimum absolute atomic E-state index is 0.0320. The molecule has 0 fully saturated rings. The Kier molecular flexibility index (Phi) is 6.68. The fraction of sp³-hybridized carbons (Fsp3) is 0.462. The Balaban J connectivity index is 2.26. The van der Waals surface area contributed by atoms with E-state index in [1.54, 1.807) is 0 Å². The van der Waals surface area contributed by atoms with Gasteiger partial charge in [0, 0.05) is 35.0 Å². The van der Waals surface area contributed by atoms with E-state index in [1.807, 2.05) is 32.0 Å². The third-order valence-corrected chi connectivity index (χ3v) is 3.31. The first-order chi connectivity index (χ1) is 8.50. The molecule has 5 heteroatoms. The third kappa shape index (κ3) is 5.38. The largest absolute Gasteiger partial charge is 0.355 e.